The molecule has 1 N–H and O–H groups in total. The number of esters is 1. The second-order valence-electron chi connectivity index (χ2n) is 4.56. The van der Waals surface area contributed by atoms with Crippen molar-refractivity contribution in [2.45, 2.75) is 12.4 Å². The average Bonchev–Trinajstić information content (AvgIpc) is 2.76. The van der Waals surface area contributed by atoms with Crippen LogP contribution in [-0.4, -0.2) is 5.97 Å². The Balaban J connectivity index is 1.95. The summed E-state index contributed by atoms with van der Waals surface area (Å²) >= 11 is 0. The van der Waals surface area contributed by atoms with Crippen LogP contribution in [-0.2, 0) is 10.9 Å². The molecule has 108 valence electrons. The quantitative estimate of drug-likeness (QED) is 0.851. The first-order chi connectivity index (χ1) is 9.97. The minimum absolute atomic E-state index is 0.125. The molecule has 0 spiro atoms. The molecule has 3 nitrogen and oxygen atoms in total. The average molecular weight is 293 g/mol. The van der Waals surface area contributed by atoms with Gasteiger partial charge in [0.25, 0.3) is 0 Å². The summed E-state index contributed by atoms with van der Waals surface area (Å²) in [5.41, 5.74) is -0.0381. The number of nitrogens with one attached hydrogen (secondary N) is 1. The predicted octanol–water partition coefficient (Wildman–Crippen LogP) is 3.99. The molecule has 1 heterocycles. The summed E-state index contributed by atoms with van der Waals surface area (Å²) < 4.78 is 43.9. The van der Waals surface area contributed by atoms with E-state index in [1.807, 2.05) is 0 Å². The number of fused-ring (bicyclic) bond motifs is 1. The first-order valence-corrected chi connectivity index (χ1v) is 6.19. The van der Waals surface area contributed by atoms with Gasteiger partial charge < -0.3 is 10.1 Å². The van der Waals surface area contributed by atoms with E-state index in [1.54, 1.807) is 24.3 Å². The molecule has 6 heteroatoms. The smallest absolute Gasteiger partial charge is 0.418 e. The lowest BCUT2D eigenvalue weighted by Gasteiger charge is -2.18. The van der Waals surface area contributed by atoms with Crippen LogP contribution in [0.4, 0.5) is 18.9 Å². The van der Waals surface area contributed by atoms with Gasteiger partial charge >= 0.3 is 12.1 Å². The lowest BCUT2D eigenvalue weighted by molar-refractivity contribution is -0.137. The van der Waals surface area contributed by atoms with Crippen molar-refractivity contribution in [2.24, 2.45) is 0 Å². The molecule has 1 aliphatic rings. The molecule has 1 atom stereocenters. The summed E-state index contributed by atoms with van der Waals surface area (Å²) in [6.07, 6.45) is -5.40. The van der Waals surface area contributed by atoms with Crippen molar-refractivity contribution >= 4 is 11.7 Å². The van der Waals surface area contributed by atoms with Crippen LogP contribution in [0.15, 0.2) is 48.5 Å². The standard InChI is InChI=1S/C15H10F3NO2/c16-15(17,18)11-7-3-4-8-12(11)19-13-9-5-1-2-6-10(9)14(20)21-13/h1-8,13,19H. The second kappa shape index (κ2) is 4.80. The highest BCUT2D eigenvalue weighted by atomic mass is 19.4. The van der Waals surface area contributed by atoms with E-state index in [2.05, 4.69) is 5.32 Å². The molecule has 2 aromatic rings. The van der Waals surface area contributed by atoms with Gasteiger partial charge in [0.1, 0.15) is 0 Å². The highest BCUT2D eigenvalue weighted by molar-refractivity contribution is 5.94. The van der Waals surface area contributed by atoms with E-state index in [9.17, 15) is 18.0 Å². The van der Waals surface area contributed by atoms with Crippen molar-refractivity contribution in [3.8, 4) is 0 Å². The van der Waals surface area contributed by atoms with Crippen LogP contribution < -0.4 is 5.32 Å². The molecule has 0 saturated carbocycles. The molecule has 21 heavy (non-hydrogen) atoms. The van der Waals surface area contributed by atoms with Crippen molar-refractivity contribution in [2.75, 3.05) is 5.32 Å². The first kappa shape index (κ1) is 13.5. The Hall–Kier alpha value is -2.50. The summed E-state index contributed by atoms with van der Waals surface area (Å²) in [6, 6.07) is 11.7. The summed E-state index contributed by atoms with van der Waals surface area (Å²) in [5.74, 6) is -0.549. The van der Waals surface area contributed by atoms with Gasteiger partial charge in [0, 0.05) is 11.3 Å². The van der Waals surface area contributed by atoms with Crippen molar-refractivity contribution in [1.29, 1.82) is 0 Å². The Bertz CT molecular complexity index is 697. The Morgan fingerprint density at radius 3 is 2.43 bits per heavy atom. The number of carbonyl (C=O) groups is 1. The van der Waals surface area contributed by atoms with Gasteiger partial charge in [-0.25, -0.2) is 4.79 Å². The Morgan fingerprint density at radius 1 is 1.00 bits per heavy atom. The lowest BCUT2D eigenvalue weighted by atomic mass is 10.1. The van der Waals surface area contributed by atoms with Crippen LogP contribution >= 0.6 is 0 Å². The van der Waals surface area contributed by atoms with Crippen LogP contribution in [0.5, 0.6) is 0 Å². The number of alkyl halides is 3. The molecule has 0 radical (unpaired) electrons. The topological polar surface area (TPSA) is 38.3 Å². The Labute approximate surface area is 118 Å². The number of rotatable bonds is 2. The van der Waals surface area contributed by atoms with E-state index < -0.39 is 23.9 Å². The fourth-order valence-electron chi connectivity index (χ4n) is 2.25. The molecule has 3 rings (SSSR count). The SMILES string of the molecule is O=C1OC(Nc2ccccc2C(F)(F)F)c2ccccc21. The number of para-hydroxylation sites is 1. The number of anilines is 1. The van der Waals surface area contributed by atoms with Crippen LogP contribution in [0, 0.1) is 0 Å². The van der Waals surface area contributed by atoms with Gasteiger partial charge in [0.15, 0.2) is 0 Å². The summed E-state index contributed by atoms with van der Waals surface area (Å²) in [7, 11) is 0. The highest BCUT2D eigenvalue weighted by Gasteiger charge is 2.36. The molecule has 1 aliphatic heterocycles. The minimum Gasteiger partial charge on any atom is -0.434 e. The number of carbonyl (C=O) groups excluding carboxylic acids is 1. The van der Waals surface area contributed by atoms with Crippen molar-refractivity contribution in [1.82, 2.24) is 0 Å². The maximum absolute atomic E-state index is 12.9. The zero-order valence-electron chi connectivity index (χ0n) is 10.6. The fraction of sp³-hybridized carbons (Fsp3) is 0.133. The van der Waals surface area contributed by atoms with E-state index in [1.165, 1.54) is 18.2 Å². The molecule has 0 aliphatic carbocycles. The van der Waals surface area contributed by atoms with E-state index in [-0.39, 0.29) is 5.69 Å². The van der Waals surface area contributed by atoms with Gasteiger partial charge in [-0.15, -0.1) is 0 Å². The van der Waals surface area contributed by atoms with Gasteiger partial charge in [-0.1, -0.05) is 30.3 Å². The van der Waals surface area contributed by atoms with E-state index in [0.29, 0.717) is 11.1 Å². The molecule has 1 unspecified atom stereocenters. The van der Waals surface area contributed by atoms with Gasteiger partial charge in [-0.3, -0.25) is 0 Å². The van der Waals surface area contributed by atoms with Crippen LogP contribution in [0.1, 0.15) is 27.7 Å². The second-order valence-corrected chi connectivity index (χ2v) is 4.56. The number of hydrogen-bond acceptors (Lipinski definition) is 3. The minimum atomic E-state index is -4.48. The number of ether oxygens (including phenoxy) is 1. The zero-order valence-corrected chi connectivity index (χ0v) is 10.6. The van der Waals surface area contributed by atoms with E-state index >= 15 is 0 Å². The third-order valence-electron chi connectivity index (χ3n) is 3.21. The lowest BCUT2D eigenvalue weighted by Crippen LogP contribution is -2.15. The highest BCUT2D eigenvalue weighted by Crippen LogP contribution is 2.38. The van der Waals surface area contributed by atoms with Crippen LogP contribution in [0.25, 0.3) is 0 Å². The fourth-order valence-corrected chi connectivity index (χ4v) is 2.25. The summed E-state index contributed by atoms with van der Waals surface area (Å²) in [5, 5.41) is 2.64. The molecular weight excluding hydrogens is 283 g/mol. The van der Waals surface area contributed by atoms with Gasteiger partial charge in [0.2, 0.25) is 6.23 Å². The normalized spacial score (nSPS) is 17.3. The first-order valence-electron chi connectivity index (χ1n) is 6.19. The Morgan fingerprint density at radius 2 is 1.67 bits per heavy atom. The molecular formula is C15H10F3NO2. The number of hydrogen-bond donors (Lipinski definition) is 1. The van der Waals surface area contributed by atoms with Gasteiger partial charge in [-0.2, -0.15) is 13.2 Å². The molecule has 2 aromatic carbocycles. The van der Waals surface area contributed by atoms with Crippen LogP contribution in [0.3, 0.4) is 0 Å². The third-order valence-corrected chi connectivity index (χ3v) is 3.21. The maximum atomic E-state index is 12.9. The third kappa shape index (κ3) is 2.44. The van der Waals surface area contributed by atoms with E-state index in [4.69, 9.17) is 4.74 Å². The molecule has 0 fully saturated rings. The zero-order chi connectivity index (χ0) is 15.0. The van der Waals surface area contributed by atoms with Crippen molar-refractivity contribution in [3.63, 3.8) is 0 Å². The van der Waals surface area contributed by atoms with Gasteiger partial charge in [0.05, 0.1) is 11.1 Å². The molecule has 0 amide bonds. The monoisotopic (exact) mass is 293 g/mol. The largest absolute Gasteiger partial charge is 0.434 e. The maximum Gasteiger partial charge on any atom is 0.418 e. The number of cyclic esters (lactones) is 1. The van der Waals surface area contributed by atoms with E-state index in [0.717, 1.165) is 6.07 Å². The van der Waals surface area contributed by atoms with Crippen LogP contribution in [0.2, 0.25) is 0 Å². The summed E-state index contributed by atoms with van der Waals surface area (Å²) in [6.45, 7) is 0. The number of halogens is 3. The predicted molar refractivity (Wildman–Crippen MR) is 69.7 cm³/mol. The van der Waals surface area contributed by atoms with Crippen molar-refractivity contribution < 1.29 is 22.7 Å². The molecule has 0 saturated heterocycles. The van der Waals surface area contributed by atoms with Crippen molar-refractivity contribution in [3.05, 3.63) is 65.2 Å². The molecule has 0 aromatic heterocycles. The van der Waals surface area contributed by atoms with Gasteiger partial charge in [-0.05, 0) is 18.2 Å². The Kier molecular flexibility index (Phi) is 3.08. The summed E-state index contributed by atoms with van der Waals surface area (Å²) in [4.78, 5) is 11.7. The number of benzene rings is 2. The molecule has 0 bridgehead atoms.